The molecule has 2 N–H and O–H groups in total. The first-order valence-corrected chi connectivity index (χ1v) is 7.37. The number of nitrogens with zero attached hydrogens (tertiary/aromatic N) is 2. The predicted octanol–water partition coefficient (Wildman–Crippen LogP) is 0.648. The monoisotopic (exact) mass is 300 g/mol. The van der Waals surface area contributed by atoms with Crippen LogP contribution in [0.3, 0.4) is 0 Å². The number of nitrogens with one attached hydrogen (secondary N) is 2. The van der Waals surface area contributed by atoms with Gasteiger partial charge in [-0.25, -0.2) is 0 Å². The van der Waals surface area contributed by atoms with Crippen molar-refractivity contribution >= 4 is 5.91 Å². The molecule has 0 bridgehead atoms. The molecule has 0 spiro atoms. The van der Waals surface area contributed by atoms with E-state index >= 15 is 0 Å². The molecule has 2 aromatic rings. The smallest absolute Gasteiger partial charge is 0.254 e. The maximum atomic E-state index is 12.3. The molecule has 1 aliphatic heterocycles. The van der Waals surface area contributed by atoms with Crippen molar-refractivity contribution < 1.29 is 9.53 Å². The van der Waals surface area contributed by atoms with Gasteiger partial charge in [0.1, 0.15) is 0 Å². The van der Waals surface area contributed by atoms with Gasteiger partial charge in [-0.15, -0.1) is 0 Å². The first kappa shape index (κ1) is 14.7. The fraction of sp³-hybridized carbons (Fsp3) is 0.375. The van der Waals surface area contributed by atoms with Gasteiger partial charge in [-0.1, -0.05) is 30.3 Å². The van der Waals surface area contributed by atoms with Gasteiger partial charge in [0.25, 0.3) is 5.91 Å². The van der Waals surface area contributed by atoms with Gasteiger partial charge in [-0.2, -0.15) is 5.10 Å². The number of ether oxygens (including phenoxy) is 1. The number of benzene rings is 1. The van der Waals surface area contributed by atoms with Crippen LogP contribution in [0.15, 0.2) is 42.7 Å². The SMILES string of the molecule is CO[C@@H]1CNC[C@H]1NC(=O)c1cnn(Cc2ccccc2)c1. The van der Waals surface area contributed by atoms with Crippen LogP contribution in [0.1, 0.15) is 15.9 Å². The molecule has 22 heavy (non-hydrogen) atoms. The van der Waals surface area contributed by atoms with E-state index in [1.165, 1.54) is 0 Å². The minimum absolute atomic E-state index is 0.00465. The Hall–Kier alpha value is -2.18. The van der Waals surface area contributed by atoms with Gasteiger partial charge in [0, 0.05) is 26.4 Å². The molecule has 6 nitrogen and oxygen atoms in total. The zero-order chi connectivity index (χ0) is 15.4. The van der Waals surface area contributed by atoms with Crippen molar-refractivity contribution in [1.82, 2.24) is 20.4 Å². The maximum absolute atomic E-state index is 12.3. The van der Waals surface area contributed by atoms with E-state index in [1.807, 2.05) is 30.3 Å². The number of amides is 1. The summed E-state index contributed by atoms with van der Waals surface area (Å²) in [6.45, 7) is 2.14. The molecule has 1 fully saturated rings. The summed E-state index contributed by atoms with van der Waals surface area (Å²) in [7, 11) is 1.66. The van der Waals surface area contributed by atoms with E-state index in [9.17, 15) is 4.79 Å². The van der Waals surface area contributed by atoms with Gasteiger partial charge < -0.3 is 15.4 Å². The highest BCUT2D eigenvalue weighted by Crippen LogP contribution is 2.07. The van der Waals surface area contributed by atoms with E-state index in [0.717, 1.165) is 18.7 Å². The van der Waals surface area contributed by atoms with Crippen molar-refractivity contribution in [3.63, 3.8) is 0 Å². The third-order valence-electron chi connectivity index (χ3n) is 3.86. The van der Waals surface area contributed by atoms with Crippen LogP contribution < -0.4 is 10.6 Å². The molecular weight excluding hydrogens is 280 g/mol. The number of aromatic nitrogens is 2. The summed E-state index contributed by atoms with van der Waals surface area (Å²) in [6, 6.07) is 10.0. The van der Waals surface area contributed by atoms with Gasteiger partial charge in [0.05, 0.1) is 30.5 Å². The van der Waals surface area contributed by atoms with E-state index < -0.39 is 0 Å². The van der Waals surface area contributed by atoms with Crippen LogP contribution in [0.5, 0.6) is 0 Å². The van der Waals surface area contributed by atoms with E-state index in [2.05, 4.69) is 15.7 Å². The number of methoxy groups -OCH3 is 1. The third kappa shape index (κ3) is 3.35. The molecule has 1 amide bonds. The van der Waals surface area contributed by atoms with Crippen molar-refractivity contribution in [3.8, 4) is 0 Å². The van der Waals surface area contributed by atoms with Crippen molar-refractivity contribution in [2.24, 2.45) is 0 Å². The number of hydrogen-bond donors (Lipinski definition) is 2. The van der Waals surface area contributed by atoms with Crippen LogP contribution in [0.4, 0.5) is 0 Å². The summed E-state index contributed by atoms with van der Waals surface area (Å²) < 4.78 is 7.12. The third-order valence-corrected chi connectivity index (χ3v) is 3.86. The number of carbonyl (C=O) groups excluding carboxylic acids is 1. The van der Waals surface area contributed by atoms with Crippen molar-refractivity contribution in [2.45, 2.75) is 18.7 Å². The summed E-state index contributed by atoms with van der Waals surface area (Å²) in [5, 5.41) is 10.5. The molecule has 1 aromatic heterocycles. The second-order valence-corrected chi connectivity index (χ2v) is 5.42. The lowest BCUT2D eigenvalue weighted by Gasteiger charge is -2.17. The normalized spacial score (nSPS) is 21.0. The molecule has 116 valence electrons. The average molecular weight is 300 g/mol. The van der Waals surface area contributed by atoms with Crippen LogP contribution in [0.2, 0.25) is 0 Å². The van der Waals surface area contributed by atoms with Crippen molar-refractivity contribution in [1.29, 1.82) is 0 Å². The minimum Gasteiger partial charge on any atom is -0.378 e. The fourth-order valence-electron chi connectivity index (χ4n) is 2.64. The lowest BCUT2D eigenvalue weighted by Crippen LogP contribution is -2.43. The highest BCUT2D eigenvalue weighted by Gasteiger charge is 2.28. The van der Waals surface area contributed by atoms with E-state index in [4.69, 9.17) is 4.74 Å². The second-order valence-electron chi connectivity index (χ2n) is 5.42. The Balaban J connectivity index is 1.62. The van der Waals surface area contributed by atoms with Gasteiger partial charge in [0.2, 0.25) is 0 Å². The Morgan fingerprint density at radius 1 is 1.41 bits per heavy atom. The van der Waals surface area contributed by atoms with E-state index in [1.54, 1.807) is 24.2 Å². The summed E-state index contributed by atoms with van der Waals surface area (Å²) in [5.41, 5.74) is 1.72. The highest BCUT2D eigenvalue weighted by molar-refractivity contribution is 5.93. The Morgan fingerprint density at radius 2 is 2.23 bits per heavy atom. The number of rotatable bonds is 5. The summed E-state index contributed by atoms with van der Waals surface area (Å²) >= 11 is 0. The molecule has 0 unspecified atom stereocenters. The maximum Gasteiger partial charge on any atom is 0.254 e. The predicted molar refractivity (Wildman–Crippen MR) is 82.7 cm³/mol. The standard InChI is InChI=1S/C16H20N4O2/c1-22-15-9-17-8-14(15)19-16(21)13-7-18-20(11-13)10-12-5-3-2-4-6-12/h2-7,11,14-15,17H,8-10H2,1H3,(H,19,21)/t14-,15-/m1/s1. The zero-order valence-electron chi connectivity index (χ0n) is 12.5. The van der Waals surface area contributed by atoms with E-state index in [-0.39, 0.29) is 18.1 Å². The molecule has 1 aliphatic rings. The largest absolute Gasteiger partial charge is 0.378 e. The molecule has 2 heterocycles. The summed E-state index contributed by atoms with van der Waals surface area (Å²) in [6.07, 6.45) is 3.39. The second kappa shape index (κ2) is 6.72. The molecule has 2 atom stereocenters. The number of hydrogen-bond acceptors (Lipinski definition) is 4. The van der Waals surface area contributed by atoms with Crippen LogP contribution in [-0.4, -0.2) is 48.0 Å². The Bertz CT molecular complexity index is 626. The van der Waals surface area contributed by atoms with Gasteiger partial charge in [0.15, 0.2) is 0 Å². The molecule has 0 saturated carbocycles. The topological polar surface area (TPSA) is 68.2 Å². The first-order chi connectivity index (χ1) is 10.8. The number of carbonyl (C=O) groups is 1. The molecular formula is C16H20N4O2. The Kier molecular flexibility index (Phi) is 4.50. The molecule has 3 rings (SSSR count). The Morgan fingerprint density at radius 3 is 3.00 bits per heavy atom. The lowest BCUT2D eigenvalue weighted by atomic mass is 10.2. The lowest BCUT2D eigenvalue weighted by molar-refractivity contribution is 0.0780. The molecule has 1 saturated heterocycles. The summed E-state index contributed by atoms with van der Waals surface area (Å²) in [5.74, 6) is -0.116. The van der Waals surface area contributed by atoms with Crippen molar-refractivity contribution in [3.05, 3.63) is 53.9 Å². The van der Waals surface area contributed by atoms with Gasteiger partial charge in [-0.3, -0.25) is 9.48 Å². The van der Waals surface area contributed by atoms with E-state index in [0.29, 0.717) is 12.1 Å². The van der Waals surface area contributed by atoms with Crippen LogP contribution in [0.25, 0.3) is 0 Å². The van der Waals surface area contributed by atoms with Crippen LogP contribution >= 0.6 is 0 Å². The zero-order valence-corrected chi connectivity index (χ0v) is 12.5. The quantitative estimate of drug-likeness (QED) is 0.851. The molecule has 6 heteroatoms. The first-order valence-electron chi connectivity index (χ1n) is 7.37. The minimum atomic E-state index is -0.116. The van der Waals surface area contributed by atoms with Gasteiger partial charge >= 0.3 is 0 Å². The fourth-order valence-corrected chi connectivity index (χ4v) is 2.64. The molecule has 0 radical (unpaired) electrons. The average Bonchev–Trinajstić information content (AvgIpc) is 3.17. The summed E-state index contributed by atoms with van der Waals surface area (Å²) in [4.78, 5) is 12.3. The Labute approximate surface area is 129 Å². The van der Waals surface area contributed by atoms with Crippen LogP contribution in [-0.2, 0) is 11.3 Å². The van der Waals surface area contributed by atoms with Crippen molar-refractivity contribution in [2.75, 3.05) is 20.2 Å². The molecule has 1 aromatic carbocycles. The van der Waals surface area contributed by atoms with Gasteiger partial charge in [-0.05, 0) is 5.56 Å². The van der Waals surface area contributed by atoms with Crippen LogP contribution in [0, 0.1) is 0 Å². The molecule has 0 aliphatic carbocycles. The highest BCUT2D eigenvalue weighted by atomic mass is 16.5.